The lowest BCUT2D eigenvalue weighted by molar-refractivity contribution is 0.0938. The Hall–Kier alpha value is -3.00. The maximum Gasteiger partial charge on any atom is 0.286 e. The monoisotopic (exact) mass is 370 g/mol. The predicted molar refractivity (Wildman–Crippen MR) is 98.4 cm³/mol. The SMILES string of the molecule is Cc1nnc(C(=O)Nc2cccc(C(=O)N[C@H](C)Cc3ccco3)c2)s1. The molecule has 0 radical (unpaired) electrons. The molecule has 2 N–H and O–H groups in total. The molecule has 7 nitrogen and oxygen atoms in total. The number of rotatable bonds is 6. The molecule has 0 saturated heterocycles. The van der Waals surface area contributed by atoms with Gasteiger partial charge in [-0.05, 0) is 44.2 Å². The van der Waals surface area contributed by atoms with Crippen molar-refractivity contribution in [1.29, 1.82) is 0 Å². The summed E-state index contributed by atoms with van der Waals surface area (Å²) in [6.07, 6.45) is 2.21. The van der Waals surface area contributed by atoms with E-state index in [4.69, 9.17) is 4.42 Å². The molecule has 0 aliphatic heterocycles. The average molecular weight is 370 g/mol. The number of nitrogens with one attached hydrogen (secondary N) is 2. The number of carbonyl (C=O) groups excluding carboxylic acids is 2. The number of hydrogen-bond donors (Lipinski definition) is 2. The number of nitrogens with zero attached hydrogens (tertiary/aromatic N) is 2. The molecule has 2 heterocycles. The molecule has 0 fully saturated rings. The normalized spacial score (nSPS) is 11.8. The van der Waals surface area contributed by atoms with E-state index in [0.717, 1.165) is 5.76 Å². The predicted octanol–water partition coefficient (Wildman–Crippen LogP) is 3.05. The summed E-state index contributed by atoms with van der Waals surface area (Å²) in [6, 6.07) is 10.3. The molecule has 1 aromatic carbocycles. The van der Waals surface area contributed by atoms with Crippen molar-refractivity contribution >= 4 is 28.8 Å². The van der Waals surface area contributed by atoms with Crippen LogP contribution < -0.4 is 10.6 Å². The van der Waals surface area contributed by atoms with Crippen LogP contribution in [0.25, 0.3) is 0 Å². The van der Waals surface area contributed by atoms with Crippen molar-refractivity contribution in [2.45, 2.75) is 26.3 Å². The van der Waals surface area contributed by atoms with E-state index in [1.165, 1.54) is 11.3 Å². The summed E-state index contributed by atoms with van der Waals surface area (Å²) in [5.74, 6) is 0.248. The van der Waals surface area contributed by atoms with Gasteiger partial charge >= 0.3 is 0 Å². The first-order chi connectivity index (χ1) is 12.5. The maximum atomic E-state index is 12.4. The highest BCUT2D eigenvalue weighted by Crippen LogP contribution is 2.15. The lowest BCUT2D eigenvalue weighted by Gasteiger charge is -2.13. The first kappa shape index (κ1) is 17.8. The Labute approximate surface area is 154 Å². The van der Waals surface area contributed by atoms with Crippen molar-refractivity contribution in [1.82, 2.24) is 15.5 Å². The van der Waals surface area contributed by atoms with Crippen molar-refractivity contribution in [3.05, 3.63) is 64.0 Å². The number of aromatic nitrogens is 2. The summed E-state index contributed by atoms with van der Waals surface area (Å²) in [5.41, 5.74) is 0.983. The van der Waals surface area contributed by atoms with E-state index in [2.05, 4.69) is 20.8 Å². The molecule has 0 aliphatic rings. The Balaban J connectivity index is 1.62. The van der Waals surface area contributed by atoms with Crippen molar-refractivity contribution in [2.24, 2.45) is 0 Å². The summed E-state index contributed by atoms with van der Waals surface area (Å²) in [7, 11) is 0. The van der Waals surface area contributed by atoms with Crippen LogP contribution in [0.2, 0.25) is 0 Å². The molecule has 8 heteroatoms. The first-order valence-corrected chi connectivity index (χ1v) is 8.87. The molecule has 3 rings (SSSR count). The number of carbonyl (C=O) groups is 2. The third-order valence-electron chi connectivity index (χ3n) is 3.57. The summed E-state index contributed by atoms with van der Waals surface area (Å²) < 4.78 is 5.29. The van der Waals surface area contributed by atoms with E-state index in [9.17, 15) is 9.59 Å². The van der Waals surface area contributed by atoms with E-state index in [-0.39, 0.29) is 22.9 Å². The second kappa shape index (κ2) is 7.92. The zero-order valence-corrected chi connectivity index (χ0v) is 15.2. The standard InChI is InChI=1S/C18H18N4O3S/c1-11(9-15-7-4-8-25-15)19-16(23)13-5-3-6-14(10-13)20-17(24)18-22-21-12(2)26-18/h3-8,10-11H,9H2,1-2H3,(H,19,23)(H,20,24)/t11-/m1/s1. The van der Waals surface area contributed by atoms with Crippen LogP contribution in [0.3, 0.4) is 0 Å². The topological polar surface area (TPSA) is 97.1 Å². The molecule has 0 aliphatic carbocycles. The second-order valence-electron chi connectivity index (χ2n) is 5.82. The van der Waals surface area contributed by atoms with Gasteiger partial charge in [-0.25, -0.2) is 0 Å². The van der Waals surface area contributed by atoms with Crippen molar-refractivity contribution < 1.29 is 14.0 Å². The molecule has 2 amide bonds. The van der Waals surface area contributed by atoms with E-state index >= 15 is 0 Å². The molecule has 2 aromatic heterocycles. The lowest BCUT2D eigenvalue weighted by atomic mass is 10.1. The Morgan fingerprint density at radius 2 is 2.04 bits per heavy atom. The average Bonchev–Trinajstić information content (AvgIpc) is 3.26. The highest BCUT2D eigenvalue weighted by Gasteiger charge is 2.14. The maximum absolute atomic E-state index is 12.4. The number of benzene rings is 1. The number of aryl methyl sites for hydroxylation is 1. The lowest BCUT2D eigenvalue weighted by Crippen LogP contribution is -2.34. The third-order valence-corrected chi connectivity index (χ3v) is 4.41. The summed E-state index contributed by atoms with van der Waals surface area (Å²) in [4.78, 5) is 24.6. The summed E-state index contributed by atoms with van der Waals surface area (Å²) >= 11 is 1.21. The summed E-state index contributed by atoms with van der Waals surface area (Å²) in [5, 5.41) is 14.3. The summed E-state index contributed by atoms with van der Waals surface area (Å²) in [6.45, 7) is 3.69. The van der Waals surface area contributed by atoms with Gasteiger partial charge in [0.2, 0.25) is 5.01 Å². The van der Waals surface area contributed by atoms with Gasteiger partial charge in [-0.1, -0.05) is 17.4 Å². The van der Waals surface area contributed by atoms with E-state index in [1.54, 1.807) is 37.5 Å². The molecule has 26 heavy (non-hydrogen) atoms. The largest absolute Gasteiger partial charge is 0.469 e. The Kier molecular flexibility index (Phi) is 5.43. The van der Waals surface area contributed by atoms with Gasteiger partial charge in [0.1, 0.15) is 10.8 Å². The highest BCUT2D eigenvalue weighted by molar-refractivity contribution is 7.13. The molecule has 0 bridgehead atoms. The van der Waals surface area contributed by atoms with Crippen LogP contribution in [-0.2, 0) is 6.42 Å². The van der Waals surface area contributed by atoms with Gasteiger partial charge < -0.3 is 15.1 Å². The number of furan rings is 1. The Morgan fingerprint density at radius 3 is 2.73 bits per heavy atom. The number of amides is 2. The molecular weight excluding hydrogens is 352 g/mol. The van der Waals surface area contributed by atoms with Crippen LogP contribution in [0.1, 0.15) is 37.9 Å². The number of anilines is 1. The fourth-order valence-electron chi connectivity index (χ4n) is 2.40. The van der Waals surface area contributed by atoms with E-state index in [0.29, 0.717) is 22.7 Å². The zero-order chi connectivity index (χ0) is 18.5. The minimum absolute atomic E-state index is 0.0868. The fraction of sp³-hybridized carbons (Fsp3) is 0.222. The molecule has 134 valence electrons. The third kappa shape index (κ3) is 4.54. The molecular formula is C18H18N4O3S. The van der Waals surface area contributed by atoms with E-state index < -0.39 is 0 Å². The molecule has 1 atom stereocenters. The van der Waals surface area contributed by atoms with E-state index in [1.807, 2.05) is 19.1 Å². The zero-order valence-electron chi connectivity index (χ0n) is 14.4. The molecule has 3 aromatic rings. The van der Waals surface area contributed by atoms with Crippen LogP contribution >= 0.6 is 11.3 Å². The second-order valence-corrected chi connectivity index (χ2v) is 7.00. The minimum atomic E-state index is -0.348. The van der Waals surface area contributed by atoms with Gasteiger partial charge in [0.25, 0.3) is 11.8 Å². The van der Waals surface area contributed by atoms with Crippen LogP contribution in [0.5, 0.6) is 0 Å². The smallest absolute Gasteiger partial charge is 0.286 e. The minimum Gasteiger partial charge on any atom is -0.469 e. The van der Waals surface area contributed by atoms with Gasteiger partial charge in [-0.2, -0.15) is 0 Å². The molecule has 0 unspecified atom stereocenters. The van der Waals surface area contributed by atoms with Crippen LogP contribution in [0.15, 0.2) is 47.1 Å². The van der Waals surface area contributed by atoms with Crippen molar-refractivity contribution in [3.63, 3.8) is 0 Å². The van der Waals surface area contributed by atoms with Crippen LogP contribution in [0, 0.1) is 6.92 Å². The number of hydrogen-bond acceptors (Lipinski definition) is 6. The van der Waals surface area contributed by atoms with Crippen LogP contribution in [0.4, 0.5) is 5.69 Å². The highest BCUT2D eigenvalue weighted by atomic mass is 32.1. The van der Waals surface area contributed by atoms with Crippen molar-refractivity contribution in [2.75, 3.05) is 5.32 Å². The first-order valence-electron chi connectivity index (χ1n) is 8.06. The Bertz CT molecular complexity index is 905. The van der Waals surface area contributed by atoms with Gasteiger partial charge in [0.15, 0.2) is 0 Å². The Morgan fingerprint density at radius 1 is 1.19 bits per heavy atom. The quantitative estimate of drug-likeness (QED) is 0.695. The van der Waals surface area contributed by atoms with Gasteiger partial charge in [0, 0.05) is 23.7 Å². The van der Waals surface area contributed by atoms with Gasteiger partial charge in [-0.15, -0.1) is 10.2 Å². The van der Waals surface area contributed by atoms with Gasteiger partial charge in [-0.3, -0.25) is 9.59 Å². The molecule has 0 spiro atoms. The molecule has 0 saturated carbocycles. The van der Waals surface area contributed by atoms with Gasteiger partial charge in [0.05, 0.1) is 6.26 Å². The van der Waals surface area contributed by atoms with Crippen molar-refractivity contribution in [3.8, 4) is 0 Å². The van der Waals surface area contributed by atoms with Crippen LogP contribution in [-0.4, -0.2) is 28.1 Å². The fourth-order valence-corrected chi connectivity index (χ4v) is 2.99.